The first kappa shape index (κ1) is 10.5. The topological polar surface area (TPSA) is 38.0 Å². The largest absolute Gasteiger partial charge is 0.271 e. The van der Waals surface area contributed by atoms with Crippen molar-refractivity contribution < 1.29 is 8.78 Å². The Hall–Kier alpha value is -1.00. The van der Waals surface area contributed by atoms with Crippen LogP contribution < -0.4 is 11.3 Å². The standard InChI is InChI=1S/C11H14F2N2/c12-9-6-2-5-8(10(9)13)11(15-14)7-3-1-4-7/h2,5-7,11,15H,1,3-4,14H2. The third-order valence-electron chi connectivity index (χ3n) is 3.12. The van der Waals surface area contributed by atoms with Gasteiger partial charge in [-0.3, -0.25) is 11.3 Å². The zero-order valence-electron chi connectivity index (χ0n) is 8.34. The summed E-state index contributed by atoms with van der Waals surface area (Å²) in [5.74, 6) is 4.12. The summed E-state index contributed by atoms with van der Waals surface area (Å²) in [4.78, 5) is 0. The molecule has 3 N–H and O–H groups in total. The average molecular weight is 212 g/mol. The van der Waals surface area contributed by atoms with E-state index in [4.69, 9.17) is 5.84 Å². The molecule has 0 radical (unpaired) electrons. The lowest BCUT2D eigenvalue weighted by Gasteiger charge is -2.33. The molecule has 82 valence electrons. The van der Waals surface area contributed by atoms with Crippen molar-refractivity contribution in [2.45, 2.75) is 25.3 Å². The summed E-state index contributed by atoms with van der Waals surface area (Å²) in [5, 5.41) is 0. The van der Waals surface area contributed by atoms with Gasteiger partial charge in [0.1, 0.15) is 0 Å². The van der Waals surface area contributed by atoms with Gasteiger partial charge in [-0.1, -0.05) is 18.6 Å². The van der Waals surface area contributed by atoms with Crippen LogP contribution in [0.5, 0.6) is 0 Å². The summed E-state index contributed by atoms with van der Waals surface area (Å²) in [6.07, 6.45) is 3.18. The lowest BCUT2D eigenvalue weighted by molar-refractivity contribution is 0.227. The number of benzene rings is 1. The fraction of sp³-hybridized carbons (Fsp3) is 0.455. The minimum Gasteiger partial charge on any atom is -0.271 e. The lowest BCUT2D eigenvalue weighted by Crippen LogP contribution is -2.37. The van der Waals surface area contributed by atoms with Gasteiger partial charge in [0.15, 0.2) is 11.6 Å². The smallest absolute Gasteiger partial charge is 0.163 e. The van der Waals surface area contributed by atoms with Crippen molar-refractivity contribution in [2.24, 2.45) is 11.8 Å². The van der Waals surface area contributed by atoms with Crippen LogP contribution >= 0.6 is 0 Å². The second-order valence-corrected chi connectivity index (χ2v) is 3.98. The molecule has 0 spiro atoms. The Balaban J connectivity index is 2.29. The molecule has 0 amide bonds. The summed E-state index contributed by atoms with van der Waals surface area (Å²) in [7, 11) is 0. The van der Waals surface area contributed by atoms with Crippen LogP contribution in [-0.4, -0.2) is 0 Å². The first-order valence-electron chi connectivity index (χ1n) is 5.14. The molecule has 1 atom stereocenters. The maximum atomic E-state index is 13.5. The maximum Gasteiger partial charge on any atom is 0.163 e. The van der Waals surface area contributed by atoms with Crippen LogP contribution in [-0.2, 0) is 0 Å². The normalized spacial score (nSPS) is 18.6. The van der Waals surface area contributed by atoms with Crippen LogP contribution in [0.25, 0.3) is 0 Å². The minimum absolute atomic E-state index is 0.269. The fourth-order valence-electron chi connectivity index (χ4n) is 2.01. The highest BCUT2D eigenvalue weighted by Gasteiger charge is 2.30. The van der Waals surface area contributed by atoms with Gasteiger partial charge in [-0.05, 0) is 24.8 Å². The van der Waals surface area contributed by atoms with E-state index in [0.29, 0.717) is 11.5 Å². The number of halogens is 2. The molecule has 1 aromatic rings. The molecule has 0 aromatic heterocycles. The molecule has 0 heterocycles. The Bertz CT molecular complexity index is 350. The van der Waals surface area contributed by atoms with E-state index in [1.165, 1.54) is 6.07 Å². The molecule has 2 nitrogen and oxygen atoms in total. The molecule has 2 rings (SSSR count). The first-order chi connectivity index (χ1) is 7.24. The van der Waals surface area contributed by atoms with E-state index in [1.807, 2.05) is 0 Å². The summed E-state index contributed by atoms with van der Waals surface area (Å²) in [5.41, 5.74) is 2.92. The van der Waals surface area contributed by atoms with Gasteiger partial charge >= 0.3 is 0 Å². The molecule has 1 aromatic carbocycles. The number of hydrogen-bond donors (Lipinski definition) is 2. The van der Waals surface area contributed by atoms with E-state index >= 15 is 0 Å². The predicted octanol–water partition coefficient (Wildman–Crippen LogP) is 2.27. The zero-order chi connectivity index (χ0) is 10.8. The predicted molar refractivity (Wildman–Crippen MR) is 53.8 cm³/mol. The second kappa shape index (κ2) is 4.24. The van der Waals surface area contributed by atoms with Crippen molar-refractivity contribution in [1.82, 2.24) is 5.43 Å². The average Bonchev–Trinajstić information content (AvgIpc) is 2.16. The van der Waals surface area contributed by atoms with E-state index in [-0.39, 0.29) is 6.04 Å². The molecule has 1 aliphatic rings. The quantitative estimate of drug-likeness (QED) is 0.595. The summed E-state index contributed by atoms with van der Waals surface area (Å²) in [6, 6.07) is 3.94. The van der Waals surface area contributed by atoms with Crippen molar-refractivity contribution in [2.75, 3.05) is 0 Å². The van der Waals surface area contributed by atoms with Gasteiger partial charge in [-0.2, -0.15) is 0 Å². The lowest BCUT2D eigenvalue weighted by atomic mass is 9.77. The van der Waals surface area contributed by atoms with Crippen molar-refractivity contribution >= 4 is 0 Å². The van der Waals surface area contributed by atoms with Gasteiger partial charge in [-0.15, -0.1) is 0 Å². The summed E-state index contributed by atoms with van der Waals surface area (Å²) < 4.78 is 26.5. The Labute approximate surface area is 87.4 Å². The molecular weight excluding hydrogens is 198 g/mol. The minimum atomic E-state index is -0.813. The molecule has 1 unspecified atom stereocenters. The molecule has 4 heteroatoms. The van der Waals surface area contributed by atoms with Gasteiger partial charge < -0.3 is 0 Å². The highest BCUT2D eigenvalue weighted by Crippen LogP contribution is 2.38. The molecule has 1 fully saturated rings. The van der Waals surface area contributed by atoms with Crippen LogP contribution in [0.15, 0.2) is 18.2 Å². The highest BCUT2D eigenvalue weighted by molar-refractivity contribution is 5.23. The van der Waals surface area contributed by atoms with E-state index in [9.17, 15) is 8.78 Å². The van der Waals surface area contributed by atoms with E-state index < -0.39 is 11.6 Å². The van der Waals surface area contributed by atoms with E-state index in [1.54, 1.807) is 6.07 Å². The van der Waals surface area contributed by atoms with Gasteiger partial charge in [0.05, 0.1) is 6.04 Å². The molecular formula is C11H14F2N2. The number of hydrogen-bond acceptors (Lipinski definition) is 2. The SMILES string of the molecule is NNC(c1cccc(F)c1F)C1CCC1. The zero-order valence-corrected chi connectivity index (χ0v) is 8.34. The Morgan fingerprint density at radius 2 is 2.07 bits per heavy atom. The van der Waals surface area contributed by atoms with Crippen molar-refractivity contribution in [3.8, 4) is 0 Å². The monoisotopic (exact) mass is 212 g/mol. The second-order valence-electron chi connectivity index (χ2n) is 3.98. The van der Waals surface area contributed by atoms with Crippen molar-refractivity contribution in [3.63, 3.8) is 0 Å². The van der Waals surface area contributed by atoms with Crippen LogP contribution in [0.1, 0.15) is 30.9 Å². The summed E-state index contributed by atoms with van der Waals surface area (Å²) in [6.45, 7) is 0. The first-order valence-corrected chi connectivity index (χ1v) is 5.14. The van der Waals surface area contributed by atoms with Gasteiger partial charge in [0.2, 0.25) is 0 Å². The van der Waals surface area contributed by atoms with Gasteiger partial charge in [0, 0.05) is 5.56 Å². The molecule has 0 aliphatic heterocycles. The molecule has 15 heavy (non-hydrogen) atoms. The third kappa shape index (κ3) is 1.87. The van der Waals surface area contributed by atoms with Crippen LogP contribution in [0, 0.1) is 17.6 Å². The van der Waals surface area contributed by atoms with Crippen LogP contribution in [0.2, 0.25) is 0 Å². The maximum absolute atomic E-state index is 13.5. The van der Waals surface area contributed by atoms with Crippen molar-refractivity contribution in [1.29, 1.82) is 0 Å². The highest BCUT2D eigenvalue weighted by atomic mass is 19.2. The van der Waals surface area contributed by atoms with Crippen LogP contribution in [0.3, 0.4) is 0 Å². The summed E-state index contributed by atoms with van der Waals surface area (Å²) >= 11 is 0. The Morgan fingerprint density at radius 3 is 2.60 bits per heavy atom. The Kier molecular flexibility index (Phi) is 2.98. The Morgan fingerprint density at radius 1 is 1.33 bits per heavy atom. The number of nitrogens with one attached hydrogen (secondary N) is 1. The van der Waals surface area contributed by atoms with Crippen molar-refractivity contribution in [3.05, 3.63) is 35.4 Å². The molecule has 0 saturated heterocycles. The van der Waals surface area contributed by atoms with Gasteiger partial charge in [-0.25, -0.2) is 8.78 Å². The number of hydrazine groups is 1. The number of rotatable bonds is 3. The number of nitrogens with two attached hydrogens (primary N) is 1. The van der Waals surface area contributed by atoms with E-state index in [2.05, 4.69) is 5.43 Å². The van der Waals surface area contributed by atoms with Gasteiger partial charge in [0.25, 0.3) is 0 Å². The van der Waals surface area contributed by atoms with E-state index in [0.717, 1.165) is 25.3 Å². The fourth-order valence-corrected chi connectivity index (χ4v) is 2.01. The molecule has 1 aliphatic carbocycles. The third-order valence-corrected chi connectivity index (χ3v) is 3.12. The van der Waals surface area contributed by atoms with Crippen LogP contribution in [0.4, 0.5) is 8.78 Å². The molecule has 1 saturated carbocycles. The molecule has 0 bridgehead atoms.